The van der Waals surface area contributed by atoms with Crippen LogP contribution in [-0.2, 0) is 4.74 Å². The summed E-state index contributed by atoms with van der Waals surface area (Å²) >= 11 is 0. The number of nitrogen functional groups attached to an aromatic ring is 1. The van der Waals surface area contributed by atoms with Crippen LogP contribution in [-0.4, -0.2) is 23.1 Å². The van der Waals surface area contributed by atoms with Gasteiger partial charge in [0.25, 0.3) is 5.91 Å². The van der Waals surface area contributed by atoms with Crippen molar-refractivity contribution in [2.45, 2.75) is 6.92 Å². The molecule has 0 radical (unpaired) electrons. The minimum atomic E-state index is -0.517. The third-order valence-electron chi connectivity index (χ3n) is 2.61. The van der Waals surface area contributed by atoms with Crippen molar-refractivity contribution in [1.29, 1.82) is 0 Å². The highest BCUT2D eigenvalue weighted by Gasteiger charge is 2.17. The topological polar surface area (TPSA) is 74.3 Å². The Hall–Kier alpha value is -2.56. The highest BCUT2D eigenvalue weighted by Crippen LogP contribution is 2.11. The van der Waals surface area contributed by atoms with E-state index >= 15 is 0 Å². The van der Waals surface area contributed by atoms with Crippen LogP contribution in [0.1, 0.15) is 27.8 Å². The van der Waals surface area contributed by atoms with Gasteiger partial charge in [-0.3, -0.25) is 9.36 Å². The molecular weight excluding hydrogens is 244 g/mol. The Bertz CT molecular complexity index is 599. The Morgan fingerprint density at radius 1 is 1.21 bits per heavy atom. The summed E-state index contributed by atoms with van der Waals surface area (Å²) in [6.45, 7) is 1.98. The molecule has 0 unspecified atom stereocenters. The maximum atomic E-state index is 12.3. The van der Waals surface area contributed by atoms with Crippen LogP contribution >= 0.6 is 0 Å². The summed E-state index contributed by atoms with van der Waals surface area (Å²) in [6.07, 6.45) is 1.53. The molecule has 1 aromatic heterocycles. The molecule has 2 N–H and O–H groups in total. The Labute approximate surface area is 110 Å². The van der Waals surface area contributed by atoms with Gasteiger partial charge in [0.15, 0.2) is 0 Å². The average Bonchev–Trinajstić information content (AvgIpc) is 2.88. The molecule has 2 aromatic rings. The molecule has 1 aromatic carbocycles. The van der Waals surface area contributed by atoms with Gasteiger partial charge < -0.3 is 10.5 Å². The molecule has 2 rings (SSSR count). The fourth-order valence-electron chi connectivity index (χ4n) is 1.69. The van der Waals surface area contributed by atoms with Crippen LogP contribution in [0.15, 0.2) is 42.6 Å². The smallest absolute Gasteiger partial charge is 0.355 e. The van der Waals surface area contributed by atoms with Gasteiger partial charge in [0.1, 0.15) is 5.69 Å². The second-order valence-electron chi connectivity index (χ2n) is 3.91. The van der Waals surface area contributed by atoms with E-state index < -0.39 is 5.97 Å². The standard InChI is InChI=1S/C14H14N2O3/c1-2-19-14(18)12-4-3-9-16(12)13(17)10-5-7-11(15)8-6-10/h3-9H,2,15H2,1H3. The second kappa shape index (κ2) is 5.39. The van der Waals surface area contributed by atoms with Crippen molar-refractivity contribution in [2.75, 3.05) is 12.3 Å². The molecule has 5 nitrogen and oxygen atoms in total. The van der Waals surface area contributed by atoms with Crippen molar-refractivity contribution in [1.82, 2.24) is 4.57 Å². The number of esters is 1. The van der Waals surface area contributed by atoms with Gasteiger partial charge in [0, 0.05) is 17.4 Å². The Morgan fingerprint density at radius 3 is 2.53 bits per heavy atom. The van der Waals surface area contributed by atoms with Crippen LogP contribution in [0.2, 0.25) is 0 Å². The highest BCUT2D eigenvalue weighted by atomic mass is 16.5. The molecule has 0 saturated carbocycles. The number of nitrogens with zero attached hydrogens (tertiary/aromatic N) is 1. The van der Waals surface area contributed by atoms with Gasteiger partial charge in [-0.1, -0.05) is 0 Å². The molecule has 98 valence electrons. The van der Waals surface area contributed by atoms with Crippen LogP contribution in [0.4, 0.5) is 5.69 Å². The van der Waals surface area contributed by atoms with Gasteiger partial charge in [-0.15, -0.1) is 0 Å². The van der Waals surface area contributed by atoms with Crippen LogP contribution < -0.4 is 5.73 Å². The molecule has 0 bridgehead atoms. The van der Waals surface area contributed by atoms with Crippen LogP contribution in [0.5, 0.6) is 0 Å². The summed E-state index contributed by atoms with van der Waals surface area (Å²) in [5.41, 5.74) is 6.82. The number of carbonyl (C=O) groups excluding carboxylic acids is 2. The van der Waals surface area contributed by atoms with Gasteiger partial charge in [-0.05, 0) is 43.3 Å². The first-order valence-corrected chi connectivity index (χ1v) is 5.88. The molecule has 0 amide bonds. The van der Waals surface area contributed by atoms with Gasteiger partial charge in [-0.25, -0.2) is 4.79 Å². The lowest BCUT2D eigenvalue weighted by molar-refractivity contribution is 0.0510. The third-order valence-corrected chi connectivity index (χ3v) is 2.61. The number of benzene rings is 1. The Morgan fingerprint density at radius 2 is 1.89 bits per heavy atom. The predicted octanol–water partition coefficient (Wildman–Crippen LogP) is 1.94. The quantitative estimate of drug-likeness (QED) is 0.674. The van der Waals surface area contributed by atoms with Crippen molar-refractivity contribution in [3.8, 4) is 0 Å². The van der Waals surface area contributed by atoms with Crippen molar-refractivity contribution in [3.05, 3.63) is 53.9 Å². The fourth-order valence-corrected chi connectivity index (χ4v) is 1.69. The molecule has 0 saturated heterocycles. The molecule has 5 heteroatoms. The number of aromatic nitrogens is 1. The summed E-state index contributed by atoms with van der Waals surface area (Å²) in [4.78, 5) is 24.0. The zero-order valence-corrected chi connectivity index (χ0v) is 10.5. The van der Waals surface area contributed by atoms with E-state index in [1.165, 1.54) is 10.8 Å². The van der Waals surface area contributed by atoms with E-state index in [2.05, 4.69) is 0 Å². The largest absolute Gasteiger partial charge is 0.461 e. The SMILES string of the molecule is CCOC(=O)c1cccn1C(=O)c1ccc(N)cc1. The van der Waals surface area contributed by atoms with Gasteiger partial charge >= 0.3 is 5.97 Å². The maximum Gasteiger partial charge on any atom is 0.355 e. The predicted molar refractivity (Wildman–Crippen MR) is 71.0 cm³/mol. The van der Waals surface area contributed by atoms with Crippen LogP contribution in [0.25, 0.3) is 0 Å². The first-order valence-electron chi connectivity index (χ1n) is 5.88. The average molecular weight is 258 g/mol. The monoisotopic (exact) mass is 258 g/mol. The van der Waals surface area contributed by atoms with Crippen molar-refractivity contribution >= 4 is 17.6 Å². The molecule has 0 spiro atoms. The minimum absolute atomic E-state index is 0.212. The van der Waals surface area contributed by atoms with Gasteiger partial charge in [-0.2, -0.15) is 0 Å². The number of hydrogen-bond donors (Lipinski definition) is 1. The molecule has 0 aliphatic rings. The summed E-state index contributed by atoms with van der Waals surface area (Å²) in [7, 11) is 0. The van der Waals surface area contributed by atoms with E-state index in [0.29, 0.717) is 11.3 Å². The summed E-state index contributed by atoms with van der Waals surface area (Å²) in [6, 6.07) is 9.69. The van der Waals surface area contributed by atoms with E-state index in [0.717, 1.165) is 0 Å². The van der Waals surface area contributed by atoms with E-state index in [1.54, 1.807) is 43.3 Å². The lowest BCUT2D eigenvalue weighted by Crippen LogP contribution is -2.18. The Balaban J connectivity index is 2.32. The summed E-state index contributed by atoms with van der Waals surface area (Å²) in [5, 5.41) is 0. The number of nitrogens with two attached hydrogens (primary N) is 1. The first kappa shape index (κ1) is 12.9. The first-order chi connectivity index (χ1) is 9.13. The Kier molecular flexibility index (Phi) is 3.66. The van der Waals surface area contributed by atoms with Crippen molar-refractivity contribution in [3.63, 3.8) is 0 Å². The summed E-state index contributed by atoms with van der Waals surface area (Å²) < 4.78 is 6.17. The maximum absolute atomic E-state index is 12.3. The number of hydrogen-bond acceptors (Lipinski definition) is 4. The minimum Gasteiger partial charge on any atom is -0.461 e. The molecular formula is C14H14N2O3. The molecule has 0 aliphatic heterocycles. The van der Waals surface area contributed by atoms with Crippen molar-refractivity contribution < 1.29 is 14.3 Å². The fraction of sp³-hybridized carbons (Fsp3) is 0.143. The molecule has 19 heavy (non-hydrogen) atoms. The lowest BCUT2D eigenvalue weighted by atomic mass is 10.2. The summed E-state index contributed by atoms with van der Waals surface area (Å²) in [5.74, 6) is -0.815. The number of carbonyl (C=O) groups is 2. The zero-order valence-electron chi connectivity index (χ0n) is 10.5. The third kappa shape index (κ3) is 2.65. The van der Waals surface area contributed by atoms with Gasteiger partial charge in [0.05, 0.1) is 6.61 Å². The lowest BCUT2D eigenvalue weighted by Gasteiger charge is -2.07. The molecule has 0 aliphatic carbocycles. The molecule has 1 heterocycles. The zero-order chi connectivity index (χ0) is 13.8. The van der Waals surface area contributed by atoms with Crippen LogP contribution in [0, 0.1) is 0 Å². The normalized spacial score (nSPS) is 10.2. The second-order valence-corrected chi connectivity index (χ2v) is 3.91. The van der Waals surface area contributed by atoms with E-state index in [1.807, 2.05) is 0 Å². The highest BCUT2D eigenvalue weighted by molar-refractivity contribution is 6.01. The van der Waals surface area contributed by atoms with E-state index in [9.17, 15) is 9.59 Å². The van der Waals surface area contributed by atoms with Crippen LogP contribution in [0.3, 0.4) is 0 Å². The number of anilines is 1. The van der Waals surface area contributed by atoms with E-state index in [-0.39, 0.29) is 18.2 Å². The molecule has 0 atom stereocenters. The molecule has 0 fully saturated rings. The van der Waals surface area contributed by atoms with E-state index in [4.69, 9.17) is 10.5 Å². The number of rotatable bonds is 3. The van der Waals surface area contributed by atoms with Crippen molar-refractivity contribution in [2.24, 2.45) is 0 Å². The van der Waals surface area contributed by atoms with Gasteiger partial charge in [0.2, 0.25) is 0 Å². The number of ether oxygens (including phenoxy) is 1.